The van der Waals surface area contributed by atoms with E-state index in [0.29, 0.717) is 0 Å². The molecule has 2 rings (SSSR count). The molecule has 2 aromatic heterocycles. The summed E-state index contributed by atoms with van der Waals surface area (Å²) in [4.78, 5) is 4.35. The molecule has 0 aliphatic rings. The number of hydrogen-bond donors (Lipinski definition) is 1. The minimum Gasteiger partial charge on any atom is -0.380 e. The lowest BCUT2D eigenvalue weighted by Gasteiger charge is -2.07. The molecule has 4 heteroatoms. The summed E-state index contributed by atoms with van der Waals surface area (Å²) < 4.78 is 6.77. The Hall–Kier alpha value is -1.13. The third-order valence-electron chi connectivity index (χ3n) is 2.56. The molecule has 1 N–H and O–H groups in total. The lowest BCUT2D eigenvalue weighted by atomic mass is 10.3. The van der Waals surface area contributed by atoms with E-state index in [4.69, 9.17) is 4.74 Å². The standard InChI is InChI=1S/C13H18N2OS/c1-2-3-8-16-9-7-15-13-11-5-10-17-12(11)4-6-14-13/h4-6,10H,2-3,7-9H2,1H3,(H,14,15). The van der Waals surface area contributed by atoms with Crippen molar-refractivity contribution >= 4 is 27.2 Å². The second-order valence-corrected chi connectivity index (χ2v) is 4.83. The maximum Gasteiger partial charge on any atom is 0.134 e. The van der Waals surface area contributed by atoms with Gasteiger partial charge in [0.05, 0.1) is 6.61 Å². The van der Waals surface area contributed by atoms with Gasteiger partial charge >= 0.3 is 0 Å². The average Bonchev–Trinajstić information content (AvgIpc) is 2.82. The topological polar surface area (TPSA) is 34.1 Å². The van der Waals surface area contributed by atoms with Crippen molar-refractivity contribution < 1.29 is 4.74 Å². The van der Waals surface area contributed by atoms with E-state index in [9.17, 15) is 0 Å². The zero-order chi connectivity index (χ0) is 11.9. The van der Waals surface area contributed by atoms with Crippen molar-refractivity contribution in [1.82, 2.24) is 4.98 Å². The second-order valence-electron chi connectivity index (χ2n) is 3.88. The van der Waals surface area contributed by atoms with Gasteiger partial charge in [-0.3, -0.25) is 0 Å². The number of pyridine rings is 1. The molecule has 0 saturated heterocycles. The molecule has 17 heavy (non-hydrogen) atoms. The van der Waals surface area contributed by atoms with Crippen LogP contribution in [0.3, 0.4) is 0 Å². The number of ether oxygens (including phenoxy) is 1. The Kier molecular flexibility index (Phi) is 4.76. The van der Waals surface area contributed by atoms with Gasteiger partial charge in [0.25, 0.3) is 0 Å². The number of hydrogen-bond acceptors (Lipinski definition) is 4. The van der Waals surface area contributed by atoms with Gasteiger partial charge in [-0.15, -0.1) is 11.3 Å². The zero-order valence-electron chi connectivity index (χ0n) is 10.1. The highest BCUT2D eigenvalue weighted by Gasteiger charge is 2.01. The minimum atomic E-state index is 0.738. The first kappa shape index (κ1) is 12.3. The Bertz CT molecular complexity index is 455. The van der Waals surface area contributed by atoms with E-state index in [1.807, 2.05) is 12.3 Å². The monoisotopic (exact) mass is 250 g/mol. The van der Waals surface area contributed by atoms with Crippen LogP contribution in [0.1, 0.15) is 19.8 Å². The Morgan fingerprint density at radius 2 is 2.29 bits per heavy atom. The van der Waals surface area contributed by atoms with E-state index in [1.165, 1.54) is 16.5 Å². The summed E-state index contributed by atoms with van der Waals surface area (Å²) >= 11 is 1.74. The smallest absolute Gasteiger partial charge is 0.134 e. The molecule has 0 spiro atoms. The molecular weight excluding hydrogens is 232 g/mol. The van der Waals surface area contributed by atoms with Gasteiger partial charge in [-0.2, -0.15) is 0 Å². The van der Waals surface area contributed by atoms with E-state index < -0.39 is 0 Å². The van der Waals surface area contributed by atoms with Gasteiger partial charge in [-0.1, -0.05) is 13.3 Å². The second kappa shape index (κ2) is 6.57. The van der Waals surface area contributed by atoms with Crippen LogP contribution in [0.4, 0.5) is 5.82 Å². The van der Waals surface area contributed by atoms with Gasteiger partial charge in [0.2, 0.25) is 0 Å². The average molecular weight is 250 g/mol. The van der Waals surface area contributed by atoms with E-state index >= 15 is 0 Å². The molecule has 0 aliphatic carbocycles. The number of aromatic nitrogens is 1. The Morgan fingerprint density at radius 3 is 3.18 bits per heavy atom. The third kappa shape index (κ3) is 3.41. The van der Waals surface area contributed by atoms with E-state index in [-0.39, 0.29) is 0 Å². The van der Waals surface area contributed by atoms with Crippen molar-refractivity contribution in [3.63, 3.8) is 0 Å². The van der Waals surface area contributed by atoms with Crippen LogP contribution in [-0.4, -0.2) is 24.7 Å². The van der Waals surface area contributed by atoms with Crippen LogP contribution < -0.4 is 5.32 Å². The van der Waals surface area contributed by atoms with E-state index in [2.05, 4.69) is 28.7 Å². The zero-order valence-corrected chi connectivity index (χ0v) is 10.9. The summed E-state index contributed by atoms with van der Waals surface area (Å²) in [6.07, 6.45) is 4.17. The molecule has 0 bridgehead atoms. The summed E-state index contributed by atoms with van der Waals surface area (Å²) in [6.45, 7) is 4.57. The van der Waals surface area contributed by atoms with Gasteiger partial charge in [0.1, 0.15) is 5.82 Å². The van der Waals surface area contributed by atoms with Crippen LogP contribution in [0.5, 0.6) is 0 Å². The summed E-state index contributed by atoms with van der Waals surface area (Å²) in [7, 11) is 0. The van der Waals surface area contributed by atoms with Gasteiger partial charge < -0.3 is 10.1 Å². The van der Waals surface area contributed by atoms with Crippen LogP contribution in [0.2, 0.25) is 0 Å². The fourth-order valence-electron chi connectivity index (χ4n) is 1.63. The highest BCUT2D eigenvalue weighted by molar-refractivity contribution is 7.17. The molecule has 0 radical (unpaired) electrons. The number of thiophene rings is 1. The summed E-state index contributed by atoms with van der Waals surface area (Å²) in [5.74, 6) is 0.961. The number of nitrogens with zero attached hydrogens (tertiary/aromatic N) is 1. The van der Waals surface area contributed by atoms with Crippen LogP contribution in [0, 0.1) is 0 Å². The number of rotatable bonds is 7. The normalized spacial score (nSPS) is 10.9. The highest BCUT2D eigenvalue weighted by atomic mass is 32.1. The van der Waals surface area contributed by atoms with Gasteiger partial charge in [-0.25, -0.2) is 4.98 Å². The molecule has 0 aromatic carbocycles. The van der Waals surface area contributed by atoms with Crippen molar-refractivity contribution in [3.8, 4) is 0 Å². The third-order valence-corrected chi connectivity index (χ3v) is 3.44. The van der Waals surface area contributed by atoms with Crippen molar-refractivity contribution in [3.05, 3.63) is 23.7 Å². The van der Waals surface area contributed by atoms with Crippen LogP contribution in [-0.2, 0) is 4.74 Å². The maximum atomic E-state index is 5.50. The van der Waals surface area contributed by atoms with E-state index in [1.54, 1.807) is 11.3 Å². The van der Waals surface area contributed by atoms with Crippen LogP contribution in [0.25, 0.3) is 10.1 Å². The molecule has 3 nitrogen and oxygen atoms in total. The first-order valence-corrected chi connectivity index (χ1v) is 6.93. The number of nitrogens with one attached hydrogen (secondary N) is 1. The largest absolute Gasteiger partial charge is 0.380 e. The number of unbranched alkanes of at least 4 members (excludes halogenated alkanes) is 1. The molecular formula is C13H18N2OS. The highest BCUT2D eigenvalue weighted by Crippen LogP contribution is 2.25. The fourth-order valence-corrected chi connectivity index (χ4v) is 2.41. The van der Waals surface area contributed by atoms with Crippen molar-refractivity contribution in [1.29, 1.82) is 0 Å². The molecule has 0 aliphatic heterocycles. The SMILES string of the molecule is CCCCOCCNc1nccc2sccc12. The van der Waals surface area contributed by atoms with Crippen molar-refractivity contribution in [2.45, 2.75) is 19.8 Å². The fraction of sp³-hybridized carbons (Fsp3) is 0.462. The van der Waals surface area contributed by atoms with Crippen molar-refractivity contribution in [2.75, 3.05) is 25.1 Å². The molecule has 0 saturated carbocycles. The minimum absolute atomic E-state index is 0.738. The van der Waals surface area contributed by atoms with Crippen molar-refractivity contribution in [2.24, 2.45) is 0 Å². The Balaban J connectivity index is 1.80. The predicted molar refractivity (Wildman–Crippen MR) is 73.8 cm³/mol. The Morgan fingerprint density at radius 1 is 1.35 bits per heavy atom. The summed E-state index contributed by atoms with van der Waals surface area (Å²) in [5, 5.41) is 6.61. The number of fused-ring (bicyclic) bond motifs is 1. The molecule has 0 unspecified atom stereocenters. The molecule has 0 fully saturated rings. The Labute approximate surface area is 106 Å². The summed E-state index contributed by atoms with van der Waals surface area (Å²) in [6, 6.07) is 4.15. The predicted octanol–water partition coefficient (Wildman–Crippen LogP) is 3.52. The maximum absolute atomic E-state index is 5.50. The summed E-state index contributed by atoms with van der Waals surface area (Å²) in [5.41, 5.74) is 0. The lowest BCUT2D eigenvalue weighted by molar-refractivity contribution is 0.141. The quantitative estimate of drug-likeness (QED) is 0.763. The first-order valence-electron chi connectivity index (χ1n) is 6.05. The molecule has 92 valence electrons. The van der Waals surface area contributed by atoms with Crippen LogP contribution in [0.15, 0.2) is 23.7 Å². The molecule has 0 atom stereocenters. The first-order chi connectivity index (χ1) is 8.42. The van der Waals surface area contributed by atoms with Gasteiger partial charge in [0.15, 0.2) is 0 Å². The van der Waals surface area contributed by atoms with E-state index in [0.717, 1.165) is 32.0 Å². The van der Waals surface area contributed by atoms with Gasteiger partial charge in [0, 0.05) is 29.4 Å². The van der Waals surface area contributed by atoms with Gasteiger partial charge in [-0.05, 0) is 23.9 Å². The van der Waals surface area contributed by atoms with Crippen LogP contribution >= 0.6 is 11.3 Å². The molecule has 2 aromatic rings. The number of anilines is 1. The molecule has 0 amide bonds. The lowest BCUT2D eigenvalue weighted by Crippen LogP contribution is -2.10. The molecule has 2 heterocycles.